The molecule has 0 saturated carbocycles. The molecule has 3 nitrogen and oxygen atoms in total. The molecule has 1 aromatic heterocycles. The number of benzene rings is 1. The number of aromatic nitrogens is 1. The Balaban J connectivity index is 2.45. The van der Waals surface area contributed by atoms with Crippen molar-refractivity contribution in [2.75, 3.05) is 12.3 Å². The van der Waals surface area contributed by atoms with E-state index in [0.717, 1.165) is 22.9 Å². The molecule has 0 aliphatic carbocycles. The molecule has 1 aromatic carbocycles. The van der Waals surface area contributed by atoms with Crippen molar-refractivity contribution in [3.8, 4) is 5.75 Å². The van der Waals surface area contributed by atoms with E-state index in [-0.39, 0.29) is 0 Å². The van der Waals surface area contributed by atoms with Crippen molar-refractivity contribution in [1.82, 2.24) is 4.98 Å². The molecular formula is C12H14N2O. The van der Waals surface area contributed by atoms with Crippen LogP contribution in [-0.2, 0) is 0 Å². The molecule has 0 unspecified atom stereocenters. The first-order valence-electron chi connectivity index (χ1n) is 5.08. The molecular weight excluding hydrogens is 188 g/mol. The number of fused-ring (bicyclic) bond motifs is 1. The normalized spacial score (nSPS) is 10.5. The Morgan fingerprint density at radius 3 is 3.00 bits per heavy atom. The molecule has 0 aliphatic rings. The van der Waals surface area contributed by atoms with Gasteiger partial charge in [-0.05, 0) is 24.6 Å². The lowest BCUT2D eigenvalue weighted by Crippen LogP contribution is -1.99. The Hall–Kier alpha value is -1.77. The summed E-state index contributed by atoms with van der Waals surface area (Å²) in [6, 6.07) is 5.78. The third-order valence-corrected chi connectivity index (χ3v) is 2.28. The van der Waals surface area contributed by atoms with Gasteiger partial charge in [-0.3, -0.25) is 4.98 Å². The summed E-state index contributed by atoms with van der Waals surface area (Å²) in [6.45, 7) is 2.77. The largest absolute Gasteiger partial charge is 0.491 e. The minimum atomic E-state index is 0.695. The minimum absolute atomic E-state index is 0.695. The monoisotopic (exact) mass is 202 g/mol. The molecule has 0 saturated heterocycles. The summed E-state index contributed by atoms with van der Waals surface area (Å²) < 4.78 is 5.55. The zero-order valence-corrected chi connectivity index (χ0v) is 8.73. The molecule has 2 aromatic rings. The van der Waals surface area contributed by atoms with Gasteiger partial charge in [0.25, 0.3) is 0 Å². The van der Waals surface area contributed by atoms with Crippen molar-refractivity contribution in [1.29, 1.82) is 0 Å². The second-order valence-corrected chi connectivity index (χ2v) is 3.42. The zero-order chi connectivity index (χ0) is 10.7. The summed E-state index contributed by atoms with van der Waals surface area (Å²) in [5, 5.41) is 2.04. The van der Waals surface area contributed by atoms with Gasteiger partial charge >= 0.3 is 0 Å². The topological polar surface area (TPSA) is 48.1 Å². The molecule has 0 spiro atoms. The van der Waals surface area contributed by atoms with E-state index in [4.69, 9.17) is 10.5 Å². The Bertz CT molecular complexity index is 468. The van der Waals surface area contributed by atoms with Gasteiger partial charge in [0, 0.05) is 23.2 Å². The highest BCUT2D eigenvalue weighted by Gasteiger charge is 2.04. The molecule has 0 fully saturated rings. The SMILES string of the molecule is CCCOc1ccc2cnccc2c1N. The quantitative estimate of drug-likeness (QED) is 0.778. The van der Waals surface area contributed by atoms with Gasteiger partial charge in [0.15, 0.2) is 0 Å². The lowest BCUT2D eigenvalue weighted by molar-refractivity contribution is 0.319. The Morgan fingerprint density at radius 2 is 2.20 bits per heavy atom. The van der Waals surface area contributed by atoms with Crippen molar-refractivity contribution < 1.29 is 4.74 Å². The molecule has 78 valence electrons. The number of hydrogen-bond acceptors (Lipinski definition) is 3. The third kappa shape index (κ3) is 1.86. The first-order valence-corrected chi connectivity index (χ1v) is 5.08. The van der Waals surface area contributed by atoms with E-state index >= 15 is 0 Å². The van der Waals surface area contributed by atoms with Crippen LogP contribution in [0.4, 0.5) is 5.69 Å². The second kappa shape index (κ2) is 4.17. The van der Waals surface area contributed by atoms with E-state index < -0.39 is 0 Å². The number of rotatable bonds is 3. The number of nitrogens with zero attached hydrogens (tertiary/aromatic N) is 1. The van der Waals surface area contributed by atoms with E-state index in [0.29, 0.717) is 12.3 Å². The van der Waals surface area contributed by atoms with Gasteiger partial charge in [0.2, 0.25) is 0 Å². The number of pyridine rings is 1. The van der Waals surface area contributed by atoms with Gasteiger partial charge in [0.1, 0.15) is 5.75 Å². The lowest BCUT2D eigenvalue weighted by Gasteiger charge is -2.09. The van der Waals surface area contributed by atoms with Gasteiger partial charge in [0.05, 0.1) is 12.3 Å². The lowest BCUT2D eigenvalue weighted by atomic mass is 10.1. The summed E-state index contributed by atoms with van der Waals surface area (Å²) in [4.78, 5) is 4.05. The maximum Gasteiger partial charge on any atom is 0.142 e. The summed E-state index contributed by atoms with van der Waals surface area (Å²) in [5.41, 5.74) is 6.70. The highest BCUT2D eigenvalue weighted by molar-refractivity contribution is 5.95. The maximum absolute atomic E-state index is 6.01. The summed E-state index contributed by atoms with van der Waals surface area (Å²) in [5.74, 6) is 0.760. The number of hydrogen-bond donors (Lipinski definition) is 1. The molecule has 3 heteroatoms. The van der Waals surface area contributed by atoms with Crippen LogP contribution in [0.1, 0.15) is 13.3 Å². The summed E-state index contributed by atoms with van der Waals surface area (Å²) in [7, 11) is 0. The number of ether oxygens (including phenoxy) is 1. The van der Waals surface area contributed by atoms with E-state index in [1.165, 1.54) is 0 Å². The van der Waals surface area contributed by atoms with Crippen LogP contribution in [0.5, 0.6) is 5.75 Å². The predicted molar refractivity (Wildman–Crippen MR) is 61.9 cm³/mol. The molecule has 1 heterocycles. The maximum atomic E-state index is 6.01. The average molecular weight is 202 g/mol. The van der Waals surface area contributed by atoms with Crippen LogP contribution in [0.25, 0.3) is 10.8 Å². The second-order valence-electron chi connectivity index (χ2n) is 3.42. The summed E-state index contributed by atoms with van der Waals surface area (Å²) in [6.07, 6.45) is 4.52. The van der Waals surface area contributed by atoms with Gasteiger partial charge in [-0.2, -0.15) is 0 Å². The van der Waals surface area contributed by atoms with E-state index in [2.05, 4.69) is 11.9 Å². The van der Waals surface area contributed by atoms with Crippen LogP contribution >= 0.6 is 0 Å². The van der Waals surface area contributed by atoms with Crippen LogP contribution in [0.3, 0.4) is 0 Å². The molecule has 0 aliphatic heterocycles. The molecule has 2 N–H and O–H groups in total. The standard InChI is InChI=1S/C12H14N2O/c1-2-7-15-11-4-3-9-8-14-6-5-10(9)12(11)13/h3-6,8H,2,7,13H2,1H3. The van der Waals surface area contributed by atoms with Crippen molar-refractivity contribution >= 4 is 16.5 Å². The number of anilines is 1. The number of nitrogens with two attached hydrogens (primary N) is 1. The zero-order valence-electron chi connectivity index (χ0n) is 8.73. The average Bonchev–Trinajstić information content (AvgIpc) is 2.29. The molecule has 0 atom stereocenters. The van der Waals surface area contributed by atoms with Crippen LogP contribution in [0.2, 0.25) is 0 Å². The van der Waals surface area contributed by atoms with E-state index in [1.807, 2.05) is 18.2 Å². The van der Waals surface area contributed by atoms with Crippen LogP contribution in [0.15, 0.2) is 30.6 Å². The highest BCUT2D eigenvalue weighted by Crippen LogP contribution is 2.29. The fraction of sp³-hybridized carbons (Fsp3) is 0.250. The molecule has 0 radical (unpaired) electrons. The molecule has 0 bridgehead atoms. The highest BCUT2D eigenvalue weighted by atomic mass is 16.5. The smallest absolute Gasteiger partial charge is 0.142 e. The van der Waals surface area contributed by atoms with Crippen LogP contribution in [-0.4, -0.2) is 11.6 Å². The van der Waals surface area contributed by atoms with E-state index in [1.54, 1.807) is 12.4 Å². The Labute approximate surface area is 88.9 Å². The van der Waals surface area contributed by atoms with Crippen LogP contribution < -0.4 is 10.5 Å². The fourth-order valence-electron chi connectivity index (χ4n) is 1.51. The first-order chi connectivity index (χ1) is 7.33. The predicted octanol–water partition coefficient (Wildman–Crippen LogP) is 2.61. The van der Waals surface area contributed by atoms with Crippen LogP contribution in [0, 0.1) is 0 Å². The van der Waals surface area contributed by atoms with Crippen molar-refractivity contribution in [3.63, 3.8) is 0 Å². The van der Waals surface area contributed by atoms with Gasteiger partial charge in [-0.15, -0.1) is 0 Å². The number of nitrogen functional groups attached to an aromatic ring is 1. The van der Waals surface area contributed by atoms with Gasteiger partial charge in [-0.1, -0.05) is 6.92 Å². The van der Waals surface area contributed by atoms with Gasteiger partial charge in [-0.25, -0.2) is 0 Å². The minimum Gasteiger partial charge on any atom is -0.491 e. The van der Waals surface area contributed by atoms with Crippen molar-refractivity contribution in [2.24, 2.45) is 0 Å². The molecule has 15 heavy (non-hydrogen) atoms. The molecule has 2 rings (SSSR count). The first kappa shape index (κ1) is 9.77. The van der Waals surface area contributed by atoms with Gasteiger partial charge < -0.3 is 10.5 Å². The Kier molecular flexibility index (Phi) is 2.72. The Morgan fingerprint density at radius 1 is 1.33 bits per heavy atom. The third-order valence-electron chi connectivity index (χ3n) is 2.28. The molecule has 0 amide bonds. The van der Waals surface area contributed by atoms with Crippen molar-refractivity contribution in [3.05, 3.63) is 30.6 Å². The summed E-state index contributed by atoms with van der Waals surface area (Å²) >= 11 is 0. The fourth-order valence-corrected chi connectivity index (χ4v) is 1.51. The van der Waals surface area contributed by atoms with E-state index in [9.17, 15) is 0 Å². The van der Waals surface area contributed by atoms with Crippen molar-refractivity contribution in [2.45, 2.75) is 13.3 Å².